The van der Waals surface area contributed by atoms with Crippen molar-refractivity contribution in [2.75, 3.05) is 39.8 Å². The summed E-state index contributed by atoms with van der Waals surface area (Å²) in [6.07, 6.45) is 0.768. The minimum absolute atomic E-state index is 0.239. The van der Waals surface area contributed by atoms with Crippen LogP contribution in [-0.2, 0) is 11.2 Å². The van der Waals surface area contributed by atoms with Crippen molar-refractivity contribution in [3.8, 4) is 0 Å². The van der Waals surface area contributed by atoms with Crippen molar-refractivity contribution in [3.05, 3.63) is 17.5 Å². The van der Waals surface area contributed by atoms with Crippen LogP contribution in [0, 0.1) is 0 Å². The van der Waals surface area contributed by atoms with Crippen molar-refractivity contribution >= 4 is 5.97 Å². The van der Waals surface area contributed by atoms with Gasteiger partial charge in [-0.2, -0.15) is 0 Å². The zero-order valence-electron chi connectivity index (χ0n) is 9.94. The Balaban J connectivity index is 1.82. The highest BCUT2D eigenvalue weighted by Gasteiger charge is 2.14. The Hall–Kier alpha value is -1.40. The summed E-state index contributed by atoms with van der Waals surface area (Å²) < 4.78 is 9.65. The molecule has 17 heavy (non-hydrogen) atoms. The number of rotatable bonds is 4. The number of nitrogens with zero attached hydrogens (tertiary/aromatic N) is 2. The van der Waals surface area contributed by atoms with Crippen molar-refractivity contribution in [3.63, 3.8) is 0 Å². The lowest BCUT2D eigenvalue weighted by atomic mass is 10.2. The highest BCUT2D eigenvalue weighted by Crippen LogP contribution is 2.06. The van der Waals surface area contributed by atoms with Crippen molar-refractivity contribution in [1.82, 2.24) is 15.4 Å². The molecule has 1 aliphatic rings. The van der Waals surface area contributed by atoms with Crippen LogP contribution in [0.5, 0.6) is 0 Å². The van der Waals surface area contributed by atoms with Crippen LogP contribution in [-0.4, -0.2) is 55.9 Å². The second-order valence-electron chi connectivity index (χ2n) is 4.01. The van der Waals surface area contributed by atoms with E-state index in [0.29, 0.717) is 0 Å². The molecule has 0 radical (unpaired) electrons. The van der Waals surface area contributed by atoms with E-state index in [9.17, 15) is 4.79 Å². The Kier molecular flexibility index (Phi) is 4.11. The van der Waals surface area contributed by atoms with Gasteiger partial charge in [-0.25, -0.2) is 4.79 Å². The first kappa shape index (κ1) is 12.1. The Morgan fingerprint density at radius 3 is 3.06 bits per heavy atom. The fraction of sp³-hybridized carbons (Fsp3) is 0.636. The lowest BCUT2D eigenvalue weighted by Gasteiger charge is -2.26. The van der Waals surface area contributed by atoms with E-state index in [1.807, 2.05) is 0 Å². The first-order valence-corrected chi connectivity index (χ1v) is 5.76. The van der Waals surface area contributed by atoms with E-state index in [1.165, 1.54) is 7.11 Å². The smallest absolute Gasteiger partial charge is 0.360 e. The standard InChI is InChI=1S/C11H17N3O3/c1-16-11(15)10-8-9(17-13-10)2-5-14-6-3-12-4-7-14/h8,12H,2-7H2,1H3. The van der Waals surface area contributed by atoms with Crippen LogP contribution >= 0.6 is 0 Å². The van der Waals surface area contributed by atoms with Gasteiger partial charge in [-0.3, -0.25) is 0 Å². The van der Waals surface area contributed by atoms with E-state index in [4.69, 9.17) is 4.52 Å². The van der Waals surface area contributed by atoms with E-state index < -0.39 is 5.97 Å². The molecule has 1 saturated heterocycles. The fourth-order valence-corrected chi connectivity index (χ4v) is 1.83. The minimum Gasteiger partial charge on any atom is -0.464 e. The second kappa shape index (κ2) is 5.79. The van der Waals surface area contributed by atoms with Crippen molar-refractivity contribution in [1.29, 1.82) is 0 Å². The lowest BCUT2D eigenvalue weighted by Crippen LogP contribution is -2.44. The van der Waals surface area contributed by atoms with Gasteiger partial charge in [0.2, 0.25) is 0 Å². The SMILES string of the molecule is COC(=O)c1cc(CCN2CCNCC2)on1. The first-order valence-electron chi connectivity index (χ1n) is 5.76. The quantitative estimate of drug-likeness (QED) is 0.741. The van der Waals surface area contributed by atoms with E-state index >= 15 is 0 Å². The summed E-state index contributed by atoms with van der Waals surface area (Å²) in [4.78, 5) is 13.5. The number of ether oxygens (including phenoxy) is 1. The van der Waals surface area contributed by atoms with Crippen LogP contribution < -0.4 is 5.32 Å². The number of esters is 1. The van der Waals surface area contributed by atoms with Crippen LogP contribution in [0.3, 0.4) is 0 Å². The number of methoxy groups -OCH3 is 1. The van der Waals surface area contributed by atoms with Crippen molar-refractivity contribution < 1.29 is 14.1 Å². The Bertz CT molecular complexity index is 372. The molecule has 0 amide bonds. The average Bonchev–Trinajstić information content (AvgIpc) is 2.85. The number of carbonyl (C=O) groups is 1. The summed E-state index contributed by atoms with van der Waals surface area (Å²) in [5.41, 5.74) is 0.239. The van der Waals surface area contributed by atoms with Gasteiger partial charge in [0.15, 0.2) is 5.69 Å². The van der Waals surface area contributed by atoms with E-state index in [1.54, 1.807) is 6.07 Å². The molecule has 0 atom stereocenters. The molecule has 0 unspecified atom stereocenters. The molecule has 2 heterocycles. The van der Waals surface area contributed by atoms with E-state index in [0.717, 1.165) is 44.9 Å². The number of hydrogen-bond acceptors (Lipinski definition) is 6. The molecule has 0 bridgehead atoms. The third kappa shape index (κ3) is 3.28. The van der Waals surface area contributed by atoms with Crippen LogP contribution in [0.1, 0.15) is 16.2 Å². The molecule has 0 saturated carbocycles. The van der Waals surface area contributed by atoms with Crippen molar-refractivity contribution in [2.45, 2.75) is 6.42 Å². The molecular weight excluding hydrogens is 222 g/mol. The number of nitrogens with one attached hydrogen (secondary N) is 1. The van der Waals surface area contributed by atoms with E-state index in [2.05, 4.69) is 20.1 Å². The molecule has 94 valence electrons. The molecule has 0 aromatic carbocycles. The Labute approximate surface area is 99.9 Å². The van der Waals surface area contributed by atoms with Gasteiger partial charge < -0.3 is 19.5 Å². The number of carbonyl (C=O) groups excluding carboxylic acids is 1. The summed E-state index contributed by atoms with van der Waals surface area (Å²) in [5.74, 6) is 0.270. The van der Waals surface area contributed by atoms with Gasteiger partial charge in [0.25, 0.3) is 0 Å². The van der Waals surface area contributed by atoms with Gasteiger partial charge >= 0.3 is 5.97 Å². The molecule has 1 N–H and O–H groups in total. The third-order valence-electron chi connectivity index (χ3n) is 2.84. The summed E-state index contributed by atoms with van der Waals surface area (Å²) in [6, 6.07) is 1.65. The second-order valence-corrected chi connectivity index (χ2v) is 4.01. The number of hydrogen-bond donors (Lipinski definition) is 1. The molecule has 1 aromatic heterocycles. The molecule has 6 heteroatoms. The summed E-state index contributed by atoms with van der Waals surface area (Å²) in [6.45, 7) is 5.10. The Morgan fingerprint density at radius 1 is 1.59 bits per heavy atom. The van der Waals surface area contributed by atoms with Crippen LogP contribution in [0.2, 0.25) is 0 Å². The maximum Gasteiger partial charge on any atom is 0.360 e. The van der Waals surface area contributed by atoms with Crippen molar-refractivity contribution in [2.24, 2.45) is 0 Å². The molecule has 1 aromatic rings. The largest absolute Gasteiger partial charge is 0.464 e. The average molecular weight is 239 g/mol. The lowest BCUT2D eigenvalue weighted by molar-refractivity contribution is 0.0589. The van der Waals surface area contributed by atoms with Gasteiger partial charge in [-0.1, -0.05) is 5.16 Å². The fourth-order valence-electron chi connectivity index (χ4n) is 1.83. The maximum atomic E-state index is 11.2. The van der Waals surface area contributed by atoms with Crippen LogP contribution in [0.15, 0.2) is 10.6 Å². The molecular formula is C11H17N3O3. The monoisotopic (exact) mass is 239 g/mol. The van der Waals surface area contributed by atoms with Gasteiger partial charge in [-0.05, 0) is 0 Å². The summed E-state index contributed by atoms with van der Waals surface area (Å²) in [7, 11) is 1.33. The minimum atomic E-state index is -0.456. The van der Waals surface area contributed by atoms with Crippen LogP contribution in [0.4, 0.5) is 0 Å². The molecule has 1 fully saturated rings. The zero-order chi connectivity index (χ0) is 12.1. The normalized spacial score (nSPS) is 17.0. The molecule has 6 nitrogen and oxygen atoms in total. The molecule has 2 rings (SSSR count). The topological polar surface area (TPSA) is 67.6 Å². The number of aromatic nitrogens is 1. The summed E-state index contributed by atoms with van der Waals surface area (Å²) >= 11 is 0. The van der Waals surface area contributed by atoms with Gasteiger partial charge in [0, 0.05) is 45.2 Å². The van der Waals surface area contributed by atoms with Gasteiger partial charge in [0.1, 0.15) is 5.76 Å². The Morgan fingerprint density at radius 2 is 2.35 bits per heavy atom. The van der Waals surface area contributed by atoms with Gasteiger partial charge in [0.05, 0.1) is 7.11 Å². The molecule has 0 aliphatic carbocycles. The molecule has 1 aliphatic heterocycles. The predicted molar refractivity (Wildman–Crippen MR) is 60.9 cm³/mol. The van der Waals surface area contributed by atoms with E-state index in [-0.39, 0.29) is 5.69 Å². The summed E-state index contributed by atoms with van der Waals surface area (Å²) in [5, 5.41) is 6.97. The maximum absolute atomic E-state index is 11.2. The van der Waals surface area contributed by atoms with Crippen LogP contribution in [0.25, 0.3) is 0 Å². The molecule has 0 spiro atoms. The predicted octanol–water partition coefficient (Wildman–Crippen LogP) is -0.0911. The number of piperazine rings is 1. The highest BCUT2D eigenvalue weighted by atomic mass is 16.5. The highest BCUT2D eigenvalue weighted by molar-refractivity contribution is 5.86. The zero-order valence-corrected chi connectivity index (χ0v) is 9.94. The first-order chi connectivity index (χ1) is 8.29. The third-order valence-corrected chi connectivity index (χ3v) is 2.84. The van der Waals surface area contributed by atoms with Gasteiger partial charge in [-0.15, -0.1) is 0 Å².